The zero-order chi connectivity index (χ0) is 27.0. The maximum atomic E-state index is 13.3. The van der Waals surface area contributed by atoms with E-state index in [2.05, 4.69) is 11.9 Å². The Hall–Kier alpha value is -3.86. The Labute approximate surface area is 215 Å². The van der Waals surface area contributed by atoms with Crippen molar-refractivity contribution in [3.63, 3.8) is 0 Å². The summed E-state index contributed by atoms with van der Waals surface area (Å²) >= 11 is 0. The number of phenolic OH excluding ortho intramolecular Hbond substituents is 1. The molecule has 0 bridgehead atoms. The van der Waals surface area contributed by atoms with Gasteiger partial charge in [0.1, 0.15) is 17.3 Å². The number of hydrogen-bond acceptors (Lipinski definition) is 8. The van der Waals surface area contributed by atoms with Gasteiger partial charge in [0.25, 0.3) is 21.5 Å². The minimum absolute atomic E-state index is 0.0148. The van der Waals surface area contributed by atoms with E-state index in [1.807, 2.05) is 30.4 Å². The fraction of sp³-hybridized carbons (Fsp3) is 0.346. The topological polar surface area (TPSA) is 142 Å². The van der Waals surface area contributed by atoms with E-state index in [1.165, 1.54) is 30.5 Å². The van der Waals surface area contributed by atoms with Crippen LogP contribution in [0, 0.1) is 5.92 Å². The average molecular weight is 527 g/mol. The molecule has 1 fully saturated rings. The Bertz CT molecular complexity index is 1500. The fourth-order valence-corrected chi connectivity index (χ4v) is 5.79. The van der Waals surface area contributed by atoms with E-state index in [0.717, 1.165) is 12.5 Å². The zero-order valence-corrected chi connectivity index (χ0v) is 21.9. The molecule has 1 atom stereocenters. The van der Waals surface area contributed by atoms with E-state index in [9.17, 15) is 23.1 Å². The van der Waals surface area contributed by atoms with Gasteiger partial charge in [0, 0.05) is 23.8 Å². The molecule has 4 rings (SSSR count). The molecule has 3 N–H and O–H groups in total. The maximum Gasteiger partial charge on any atom is 0.269 e. The number of hydrogen-bond donors (Lipinski definition) is 3. The van der Waals surface area contributed by atoms with Crippen LogP contribution in [0.5, 0.6) is 11.5 Å². The fourth-order valence-electron chi connectivity index (χ4n) is 4.77. The van der Waals surface area contributed by atoms with E-state index in [0.29, 0.717) is 36.1 Å². The van der Waals surface area contributed by atoms with Crippen molar-refractivity contribution >= 4 is 21.7 Å². The number of rotatable bonds is 7. The van der Waals surface area contributed by atoms with Gasteiger partial charge in [-0.1, -0.05) is 6.92 Å². The number of sulfonamides is 1. The second kappa shape index (κ2) is 9.89. The molecule has 0 spiro atoms. The molecule has 0 aliphatic carbocycles. The first-order valence-corrected chi connectivity index (χ1v) is 13.4. The highest BCUT2D eigenvalue weighted by atomic mass is 32.2. The number of amides is 1. The lowest BCUT2D eigenvalue weighted by Crippen LogP contribution is -2.41. The number of nitrogens with zero attached hydrogens (tertiary/aromatic N) is 2. The first-order valence-electron chi connectivity index (χ1n) is 11.9. The Balaban J connectivity index is 1.81. The average Bonchev–Trinajstić information content (AvgIpc) is 3.11. The van der Waals surface area contributed by atoms with Crippen LogP contribution in [-0.4, -0.2) is 48.1 Å². The number of carbonyl (C=O) groups excluding carboxylic acids is 1. The molecule has 1 aliphatic heterocycles. The van der Waals surface area contributed by atoms with E-state index < -0.39 is 26.4 Å². The zero-order valence-electron chi connectivity index (χ0n) is 21.1. The summed E-state index contributed by atoms with van der Waals surface area (Å²) < 4.78 is 33.3. The highest BCUT2D eigenvalue weighted by Crippen LogP contribution is 2.39. The van der Waals surface area contributed by atoms with Crippen LogP contribution < -0.4 is 19.9 Å². The molecule has 1 aliphatic rings. The molecule has 0 radical (unpaired) electrons. The number of anilines is 1. The molecule has 3 aromatic rings. The summed E-state index contributed by atoms with van der Waals surface area (Å²) in [5.74, 6) is 0.203. The lowest BCUT2D eigenvalue weighted by molar-refractivity contribution is 0.0981. The summed E-state index contributed by atoms with van der Waals surface area (Å²) in [5.41, 5.74) is -0.376. The van der Waals surface area contributed by atoms with Crippen molar-refractivity contribution in [2.45, 2.75) is 44.6 Å². The number of aromatic hydroxyl groups is 1. The highest BCUT2D eigenvalue weighted by molar-refractivity contribution is 7.90. The summed E-state index contributed by atoms with van der Waals surface area (Å²) in [6.07, 6.45) is 2.14. The predicted octanol–water partition coefficient (Wildman–Crippen LogP) is 3.28. The van der Waals surface area contributed by atoms with Gasteiger partial charge in [-0.3, -0.25) is 9.59 Å². The number of ether oxygens (including phenoxy) is 1. The van der Waals surface area contributed by atoms with Gasteiger partial charge in [-0.15, -0.1) is 0 Å². The molecule has 1 aromatic carbocycles. The number of nitrogens with one attached hydrogen (secondary N) is 2. The van der Waals surface area contributed by atoms with Crippen LogP contribution in [0.4, 0.5) is 5.82 Å². The SMILES string of the molecule is CCOc1ccc(O)c(-c2ccc(C(=O)NS(=O)(=O)c3ccc[nH]c3=O)c(N3C[C@@H](C)CC3(C)C)n2)c1. The van der Waals surface area contributed by atoms with Crippen molar-refractivity contribution in [3.05, 3.63) is 64.6 Å². The summed E-state index contributed by atoms with van der Waals surface area (Å²) in [5, 5.41) is 10.5. The molecule has 0 saturated carbocycles. The first kappa shape index (κ1) is 26.2. The largest absolute Gasteiger partial charge is 0.507 e. The number of phenols is 1. The predicted molar refractivity (Wildman–Crippen MR) is 139 cm³/mol. The van der Waals surface area contributed by atoms with E-state index in [-0.39, 0.29) is 22.7 Å². The van der Waals surface area contributed by atoms with E-state index in [1.54, 1.807) is 12.1 Å². The van der Waals surface area contributed by atoms with Gasteiger partial charge in [0.2, 0.25) is 0 Å². The lowest BCUT2D eigenvalue weighted by atomic mass is 9.97. The Morgan fingerprint density at radius 2 is 2.03 bits per heavy atom. The standard InChI is InChI=1S/C26H30N4O6S/c1-5-36-17-8-11-21(31)19(13-17)20-10-9-18(23(28-20)30-15-16(2)14-26(30,3)4)24(32)29-37(34,35)22-7-6-12-27-25(22)33/h6-13,16,31H,5,14-15H2,1-4H3,(H,27,33)(H,29,32)/t16-/m0/s1. The number of benzene rings is 1. The second-order valence-electron chi connectivity index (χ2n) is 9.71. The second-order valence-corrected chi connectivity index (χ2v) is 11.4. The van der Waals surface area contributed by atoms with E-state index in [4.69, 9.17) is 9.72 Å². The van der Waals surface area contributed by atoms with Gasteiger partial charge in [0.05, 0.1) is 17.9 Å². The third kappa shape index (κ3) is 5.31. The lowest BCUT2D eigenvalue weighted by Gasteiger charge is -2.34. The van der Waals surface area contributed by atoms with Crippen molar-refractivity contribution in [2.75, 3.05) is 18.1 Å². The van der Waals surface area contributed by atoms with Gasteiger partial charge >= 0.3 is 0 Å². The van der Waals surface area contributed by atoms with E-state index >= 15 is 0 Å². The molecular formula is C26H30N4O6S. The number of pyridine rings is 2. The summed E-state index contributed by atoms with van der Waals surface area (Å²) in [6.45, 7) is 9.04. The first-order chi connectivity index (χ1) is 17.4. The van der Waals surface area contributed by atoms with Gasteiger partial charge in [-0.2, -0.15) is 0 Å². The minimum Gasteiger partial charge on any atom is -0.507 e. The van der Waals surface area contributed by atoms with Crippen LogP contribution in [0.15, 0.2) is 58.4 Å². The molecular weight excluding hydrogens is 496 g/mol. The van der Waals surface area contributed by atoms with Crippen LogP contribution in [0.25, 0.3) is 11.3 Å². The molecule has 1 saturated heterocycles. The number of aromatic amines is 1. The van der Waals surface area contributed by atoms with Crippen molar-refractivity contribution in [1.29, 1.82) is 0 Å². The molecule has 3 heterocycles. The molecule has 0 unspecified atom stereocenters. The van der Waals surface area contributed by atoms with Crippen molar-refractivity contribution < 1.29 is 23.1 Å². The summed E-state index contributed by atoms with van der Waals surface area (Å²) in [6, 6.07) is 10.3. The maximum absolute atomic E-state index is 13.3. The number of aromatic nitrogens is 2. The monoisotopic (exact) mass is 526 g/mol. The molecule has 10 nitrogen and oxygen atoms in total. The highest BCUT2D eigenvalue weighted by Gasteiger charge is 2.39. The summed E-state index contributed by atoms with van der Waals surface area (Å²) in [7, 11) is -4.45. The van der Waals surface area contributed by atoms with Crippen LogP contribution >= 0.6 is 0 Å². The molecule has 1 amide bonds. The van der Waals surface area contributed by atoms with Crippen LogP contribution in [0.2, 0.25) is 0 Å². The number of carbonyl (C=O) groups is 1. The van der Waals surface area contributed by atoms with Gasteiger partial charge in [0.15, 0.2) is 4.90 Å². The Morgan fingerprint density at radius 3 is 2.68 bits per heavy atom. The summed E-state index contributed by atoms with van der Waals surface area (Å²) in [4.78, 5) is 33.8. The van der Waals surface area contributed by atoms with Crippen molar-refractivity contribution in [2.24, 2.45) is 5.92 Å². The van der Waals surface area contributed by atoms with Gasteiger partial charge in [-0.25, -0.2) is 18.1 Å². The van der Waals surface area contributed by atoms with Crippen molar-refractivity contribution in [3.8, 4) is 22.8 Å². The van der Waals surface area contributed by atoms with Gasteiger partial charge in [-0.05, 0) is 75.6 Å². The van der Waals surface area contributed by atoms with Crippen molar-refractivity contribution in [1.82, 2.24) is 14.7 Å². The molecule has 196 valence electrons. The van der Waals surface area contributed by atoms with Crippen LogP contribution in [-0.2, 0) is 10.0 Å². The number of H-pyrrole nitrogens is 1. The molecule has 2 aromatic heterocycles. The van der Waals surface area contributed by atoms with Gasteiger partial charge < -0.3 is 19.7 Å². The van der Waals surface area contributed by atoms with Crippen LogP contribution in [0.1, 0.15) is 44.5 Å². The minimum atomic E-state index is -4.45. The van der Waals surface area contributed by atoms with Crippen LogP contribution in [0.3, 0.4) is 0 Å². The Morgan fingerprint density at radius 1 is 1.27 bits per heavy atom. The normalized spacial score (nSPS) is 17.0. The smallest absolute Gasteiger partial charge is 0.269 e. The Kier molecular flexibility index (Phi) is 7.00. The third-order valence-electron chi connectivity index (χ3n) is 6.30. The molecule has 37 heavy (non-hydrogen) atoms. The third-order valence-corrected chi connectivity index (χ3v) is 7.66. The molecule has 11 heteroatoms. The quantitative estimate of drug-likeness (QED) is 0.426.